The molecule has 0 unspecified atom stereocenters. The van der Waals surface area contributed by atoms with E-state index in [4.69, 9.17) is 0 Å². The van der Waals surface area contributed by atoms with E-state index in [0.717, 1.165) is 6.54 Å². The van der Waals surface area contributed by atoms with Crippen molar-refractivity contribution >= 4 is 0 Å². The third-order valence-electron chi connectivity index (χ3n) is 3.04. The summed E-state index contributed by atoms with van der Waals surface area (Å²) in [5.74, 6) is -0.240. The lowest BCUT2D eigenvalue weighted by Crippen LogP contribution is -2.75. The van der Waals surface area contributed by atoms with Crippen molar-refractivity contribution in [1.82, 2.24) is 29.8 Å². The zero-order valence-corrected chi connectivity index (χ0v) is 13.9. The minimum atomic E-state index is -0.240. The van der Waals surface area contributed by atoms with E-state index in [-0.39, 0.29) is 5.79 Å². The van der Waals surface area contributed by atoms with Crippen molar-refractivity contribution in [3.63, 3.8) is 0 Å². The van der Waals surface area contributed by atoms with E-state index < -0.39 is 0 Å². The average molecular weight is 260 g/mol. The molecule has 110 valence electrons. The molecule has 0 atom stereocenters. The molecular weight excluding hydrogens is 228 g/mol. The molecule has 0 radical (unpaired) electrons. The summed E-state index contributed by atoms with van der Waals surface area (Å²) in [7, 11) is 20.9. The fourth-order valence-corrected chi connectivity index (χ4v) is 2.53. The van der Waals surface area contributed by atoms with Gasteiger partial charge in [0.15, 0.2) is 5.79 Å². The Hall–Kier alpha value is -0.240. The van der Waals surface area contributed by atoms with Crippen molar-refractivity contribution in [2.45, 2.75) is 5.79 Å². The molecule has 0 aliphatic carbocycles. The second-order valence-corrected chi connectivity index (χ2v) is 5.78. The number of hydrogen-bond donors (Lipinski definition) is 0. The topological polar surface area (TPSA) is 19.4 Å². The van der Waals surface area contributed by atoms with Crippen molar-refractivity contribution in [2.75, 3.05) is 77.0 Å². The third kappa shape index (κ3) is 3.63. The van der Waals surface area contributed by atoms with E-state index in [2.05, 4.69) is 100 Å². The molecule has 0 saturated heterocycles. The Morgan fingerprint density at radius 2 is 0.944 bits per heavy atom. The zero-order valence-electron chi connectivity index (χ0n) is 13.9. The fraction of sp³-hybridized carbons (Fsp3) is 1.00. The summed E-state index contributed by atoms with van der Waals surface area (Å²) < 4.78 is 0. The van der Waals surface area contributed by atoms with Crippen LogP contribution in [0.4, 0.5) is 0 Å². The molecule has 0 aromatic carbocycles. The standard InChI is InChI=1S/C12H32N6/c1-13(2)11-12(14(3)4,15(5)6)18(16(7)8)17(9)10/h11H2,1-10H3. The van der Waals surface area contributed by atoms with Crippen LogP contribution < -0.4 is 0 Å². The normalized spacial score (nSPS) is 14.0. The van der Waals surface area contributed by atoms with Crippen LogP contribution >= 0.6 is 0 Å². The Morgan fingerprint density at radius 1 is 0.611 bits per heavy atom. The van der Waals surface area contributed by atoms with Crippen molar-refractivity contribution in [2.24, 2.45) is 0 Å². The van der Waals surface area contributed by atoms with Crippen molar-refractivity contribution in [3.05, 3.63) is 0 Å². The maximum Gasteiger partial charge on any atom is 0.170 e. The molecule has 0 heterocycles. The molecule has 0 aromatic heterocycles. The quantitative estimate of drug-likeness (QED) is 0.454. The maximum absolute atomic E-state index is 2.24. The Morgan fingerprint density at radius 3 is 1.11 bits per heavy atom. The summed E-state index contributed by atoms with van der Waals surface area (Å²) in [6.07, 6.45) is 0. The summed E-state index contributed by atoms with van der Waals surface area (Å²) >= 11 is 0. The van der Waals surface area contributed by atoms with Crippen LogP contribution in [0.3, 0.4) is 0 Å². The van der Waals surface area contributed by atoms with Crippen LogP contribution in [0.15, 0.2) is 0 Å². The average Bonchev–Trinajstić information content (AvgIpc) is 2.13. The molecule has 0 amide bonds. The van der Waals surface area contributed by atoms with Crippen LogP contribution in [0.2, 0.25) is 0 Å². The van der Waals surface area contributed by atoms with Gasteiger partial charge in [-0.05, 0) is 42.3 Å². The van der Waals surface area contributed by atoms with E-state index in [1.807, 2.05) is 0 Å². The minimum Gasteiger partial charge on any atom is -0.305 e. The van der Waals surface area contributed by atoms with Crippen LogP contribution in [0.25, 0.3) is 0 Å². The molecule has 0 spiro atoms. The molecular formula is C12H32N6. The maximum atomic E-state index is 2.24. The molecule has 6 heteroatoms. The summed E-state index contributed by atoms with van der Waals surface area (Å²) in [5.41, 5.74) is 0. The van der Waals surface area contributed by atoms with E-state index in [9.17, 15) is 0 Å². The molecule has 0 aliphatic heterocycles. The summed E-state index contributed by atoms with van der Waals surface area (Å²) in [6, 6.07) is 0. The van der Waals surface area contributed by atoms with Crippen molar-refractivity contribution < 1.29 is 0 Å². The van der Waals surface area contributed by atoms with Crippen LogP contribution in [-0.2, 0) is 0 Å². The molecule has 0 N–H and O–H groups in total. The monoisotopic (exact) mass is 260 g/mol. The van der Waals surface area contributed by atoms with Gasteiger partial charge >= 0.3 is 0 Å². The molecule has 0 rings (SSSR count). The van der Waals surface area contributed by atoms with E-state index in [1.165, 1.54) is 0 Å². The molecule has 0 bridgehead atoms. The highest BCUT2D eigenvalue weighted by molar-refractivity contribution is 4.84. The first-order valence-electron chi connectivity index (χ1n) is 6.21. The van der Waals surface area contributed by atoms with Crippen LogP contribution in [0.5, 0.6) is 0 Å². The molecule has 0 fully saturated rings. The Bertz CT molecular complexity index is 221. The first-order valence-corrected chi connectivity index (χ1v) is 6.21. The first kappa shape index (κ1) is 17.8. The smallest absolute Gasteiger partial charge is 0.170 e. The highest BCUT2D eigenvalue weighted by Gasteiger charge is 2.44. The SMILES string of the molecule is CN(C)CC(N(C)C)(N(C)C)N(N(C)C)N(C)C. The van der Waals surface area contributed by atoms with E-state index >= 15 is 0 Å². The van der Waals surface area contributed by atoms with Crippen molar-refractivity contribution in [1.29, 1.82) is 0 Å². The van der Waals surface area contributed by atoms with Gasteiger partial charge in [-0.1, -0.05) is 0 Å². The van der Waals surface area contributed by atoms with Gasteiger partial charge in [-0.3, -0.25) is 9.80 Å². The Balaban J connectivity index is 5.65. The van der Waals surface area contributed by atoms with Gasteiger partial charge in [0.2, 0.25) is 0 Å². The minimum absolute atomic E-state index is 0.240. The molecule has 0 aliphatic rings. The Kier molecular flexibility index (Phi) is 6.70. The van der Waals surface area contributed by atoms with E-state index in [0.29, 0.717) is 0 Å². The van der Waals surface area contributed by atoms with Gasteiger partial charge in [0, 0.05) is 34.7 Å². The van der Waals surface area contributed by atoms with Crippen LogP contribution in [0, 0.1) is 0 Å². The summed E-state index contributed by atoms with van der Waals surface area (Å²) in [6.45, 7) is 0.892. The van der Waals surface area contributed by atoms with Gasteiger partial charge in [-0.25, -0.2) is 10.0 Å². The molecule has 6 nitrogen and oxygen atoms in total. The van der Waals surface area contributed by atoms with Crippen LogP contribution in [0.1, 0.15) is 0 Å². The fourth-order valence-electron chi connectivity index (χ4n) is 2.53. The van der Waals surface area contributed by atoms with Gasteiger partial charge in [0.05, 0.1) is 0 Å². The largest absolute Gasteiger partial charge is 0.305 e. The number of rotatable bonds is 7. The highest BCUT2D eigenvalue weighted by Crippen LogP contribution is 2.23. The van der Waals surface area contributed by atoms with Crippen LogP contribution in [-0.4, -0.2) is 113 Å². The lowest BCUT2D eigenvalue weighted by Gasteiger charge is -2.56. The third-order valence-corrected chi connectivity index (χ3v) is 3.04. The first-order chi connectivity index (χ1) is 8.07. The molecule has 0 aromatic rings. The summed E-state index contributed by atoms with van der Waals surface area (Å²) in [4.78, 5) is 6.69. The number of likely N-dealkylation sites (N-methyl/N-ethyl adjacent to an activating group) is 3. The second kappa shape index (κ2) is 6.79. The predicted molar refractivity (Wildman–Crippen MR) is 77.9 cm³/mol. The van der Waals surface area contributed by atoms with Gasteiger partial charge in [0.25, 0.3) is 0 Å². The van der Waals surface area contributed by atoms with Gasteiger partial charge in [-0.2, -0.15) is 0 Å². The van der Waals surface area contributed by atoms with E-state index in [1.54, 1.807) is 0 Å². The highest BCUT2D eigenvalue weighted by atomic mass is 15.9. The molecule has 0 saturated carbocycles. The zero-order chi connectivity index (χ0) is 14.7. The summed E-state index contributed by atoms with van der Waals surface area (Å²) in [5, 5.41) is 6.47. The van der Waals surface area contributed by atoms with Gasteiger partial charge in [0.1, 0.15) is 0 Å². The number of nitrogens with zero attached hydrogens (tertiary/aromatic N) is 6. The second-order valence-electron chi connectivity index (χ2n) is 5.78. The predicted octanol–water partition coefficient (Wildman–Crippen LogP) is -0.420. The molecule has 18 heavy (non-hydrogen) atoms. The number of hydrazine groups is 2. The Labute approximate surface area is 113 Å². The number of hydrogen-bond acceptors (Lipinski definition) is 6. The van der Waals surface area contributed by atoms with Gasteiger partial charge in [-0.15, -0.1) is 5.12 Å². The van der Waals surface area contributed by atoms with Gasteiger partial charge < -0.3 is 4.90 Å². The van der Waals surface area contributed by atoms with Crippen molar-refractivity contribution in [3.8, 4) is 0 Å². The lowest BCUT2D eigenvalue weighted by atomic mass is 10.2. The lowest BCUT2D eigenvalue weighted by molar-refractivity contribution is -0.299.